The average molecular weight is 427 g/mol. The zero-order chi connectivity index (χ0) is 22.5. The highest BCUT2D eigenvalue weighted by Crippen LogP contribution is 2.17. The maximum absolute atomic E-state index is 14.1. The molecule has 1 amide bonds. The van der Waals surface area contributed by atoms with Gasteiger partial charge >= 0.3 is 0 Å². The summed E-state index contributed by atoms with van der Waals surface area (Å²) >= 11 is 0. The van der Waals surface area contributed by atoms with E-state index in [2.05, 4.69) is 10.3 Å². The zero-order valence-electron chi connectivity index (χ0n) is 19.0. The lowest BCUT2D eigenvalue weighted by atomic mass is 10.1. The first-order valence-electron chi connectivity index (χ1n) is 11.3. The minimum atomic E-state index is -0.309. The lowest BCUT2D eigenvalue weighted by Crippen LogP contribution is -2.25. The number of nitrogens with zero attached hydrogens (tertiary/aromatic N) is 1. The highest BCUT2D eigenvalue weighted by Gasteiger charge is 2.03. The summed E-state index contributed by atoms with van der Waals surface area (Å²) < 4.78 is 19.8. The van der Waals surface area contributed by atoms with Gasteiger partial charge in [-0.1, -0.05) is 51.3 Å². The van der Waals surface area contributed by atoms with Crippen molar-refractivity contribution in [1.29, 1.82) is 0 Å². The Hall–Kier alpha value is -2.69. The van der Waals surface area contributed by atoms with Crippen molar-refractivity contribution in [3.63, 3.8) is 0 Å². The number of rotatable bonds is 13. The van der Waals surface area contributed by atoms with E-state index in [4.69, 9.17) is 4.74 Å². The third-order valence-electron chi connectivity index (χ3n) is 4.90. The van der Waals surface area contributed by atoms with Crippen LogP contribution in [0.5, 0.6) is 5.88 Å². The van der Waals surface area contributed by atoms with E-state index < -0.39 is 0 Å². The molecule has 1 heterocycles. The summed E-state index contributed by atoms with van der Waals surface area (Å²) in [5.74, 6) is 0.493. The van der Waals surface area contributed by atoms with Crippen LogP contribution in [0.25, 0.3) is 10.9 Å². The zero-order valence-corrected chi connectivity index (χ0v) is 19.0. The number of allylic oxidation sites excluding steroid dienone is 3. The minimum absolute atomic E-state index is 0.240. The summed E-state index contributed by atoms with van der Waals surface area (Å²) in [4.78, 5) is 16.2. The fourth-order valence-electron chi connectivity index (χ4n) is 3.09. The quantitative estimate of drug-likeness (QED) is 0.225. The van der Waals surface area contributed by atoms with Gasteiger partial charge in [0.15, 0.2) is 0 Å². The number of fused-ring (bicyclic) bond motifs is 1. The average Bonchev–Trinajstić information content (AvgIpc) is 2.76. The molecule has 5 heteroatoms. The first-order chi connectivity index (χ1) is 15.0. The van der Waals surface area contributed by atoms with Crippen molar-refractivity contribution in [2.45, 2.75) is 59.3 Å². The number of carbonyl (C=O) groups excluding carboxylic acids is 1. The van der Waals surface area contributed by atoms with E-state index in [1.807, 2.05) is 50.2 Å². The number of benzene rings is 1. The SMILES string of the molecule is CC(=C\C(=O)NCC(C)C)/C(F)=C/CCCCCCCOc1ccc2ccccc2n1. The predicted octanol–water partition coefficient (Wildman–Crippen LogP) is 6.53. The molecular formula is C26H35FN2O2. The number of carbonyl (C=O) groups is 1. The number of para-hydroxylation sites is 1. The van der Waals surface area contributed by atoms with E-state index in [0.717, 1.165) is 43.0 Å². The molecule has 168 valence electrons. The summed E-state index contributed by atoms with van der Waals surface area (Å²) in [5.41, 5.74) is 1.32. The van der Waals surface area contributed by atoms with E-state index in [0.29, 0.717) is 36.9 Å². The molecule has 0 unspecified atom stereocenters. The van der Waals surface area contributed by atoms with Crippen molar-refractivity contribution in [3.05, 3.63) is 60.0 Å². The molecule has 1 aromatic heterocycles. The Labute approximate surface area is 185 Å². The second kappa shape index (κ2) is 13.6. The van der Waals surface area contributed by atoms with Crippen LogP contribution >= 0.6 is 0 Å². The van der Waals surface area contributed by atoms with Crippen LogP contribution in [-0.4, -0.2) is 24.0 Å². The second-order valence-electron chi connectivity index (χ2n) is 8.27. The minimum Gasteiger partial charge on any atom is -0.478 e. The van der Waals surface area contributed by atoms with Crippen molar-refractivity contribution in [1.82, 2.24) is 10.3 Å². The Balaban J connectivity index is 1.55. The van der Waals surface area contributed by atoms with E-state index in [-0.39, 0.29) is 11.7 Å². The lowest BCUT2D eigenvalue weighted by Gasteiger charge is -2.06. The Morgan fingerprint density at radius 1 is 1.10 bits per heavy atom. The maximum Gasteiger partial charge on any atom is 0.244 e. The van der Waals surface area contributed by atoms with Crippen LogP contribution in [0.15, 0.2) is 60.0 Å². The smallest absolute Gasteiger partial charge is 0.244 e. The number of hydrogen-bond acceptors (Lipinski definition) is 3. The Morgan fingerprint density at radius 2 is 1.84 bits per heavy atom. The monoisotopic (exact) mass is 426 g/mol. The van der Waals surface area contributed by atoms with Gasteiger partial charge < -0.3 is 10.1 Å². The van der Waals surface area contributed by atoms with Crippen molar-refractivity contribution in [3.8, 4) is 5.88 Å². The summed E-state index contributed by atoms with van der Waals surface area (Å²) in [6.07, 6.45) is 8.73. The second-order valence-corrected chi connectivity index (χ2v) is 8.27. The Kier molecular flexibility index (Phi) is 10.8. The standard InChI is InChI=1S/C26H35FN2O2/c1-20(2)19-28-25(30)18-21(3)23(27)13-8-6-4-5-7-11-17-31-26-16-15-22-12-9-10-14-24(22)29-26/h9-10,12-16,18,20H,4-8,11,17,19H2,1-3H3,(H,28,30)/b21-18+,23-13-. The molecule has 2 rings (SSSR count). The number of halogens is 1. The Bertz CT molecular complexity index is 890. The highest BCUT2D eigenvalue weighted by molar-refractivity contribution is 5.88. The summed E-state index contributed by atoms with van der Waals surface area (Å²) in [6.45, 7) is 6.92. The summed E-state index contributed by atoms with van der Waals surface area (Å²) in [5, 5.41) is 3.87. The first kappa shape index (κ1) is 24.6. The van der Waals surface area contributed by atoms with Crippen molar-refractivity contribution < 1.29 is 13.9 Å². The maximum atomic E-state index is 14.1. The molecule has 0 fully saturated rings. The van der Waals surface area contributed by atoms with E-state index in [1.54, 1.807) is 13.0 Å². The molecule has 0 saturated carbocycles. The van der Waals surface area contributed by atoms with Gasteiger partial charge in [-0.05, 0) is 55.9 Å². The first-order valence-corrected chi connectivity index (χ1v) is 11.3. The molecule has 1 N–H and O–H groups in total. The normalized spacial score (nSPS) is 12.4. The number of amides is 1. The van der Waals surface area contributed by atoms with Crippen LogP contribution in [0.3, 0.4) is 0 Å². The number of hydrogen-bond donors (Lipinski definition) is 1. The molecule has 0 saturated heterocycles. The van der Waals surface area contributed by atoms with Gasteiger partial charge in [0.05, 0.1) is 12.1 Å². The van der Waals surface area contributed by atoms with Gasteiger partial charge in [-0.3, -0.25) is 4.79 Å². The van der Waals surface area contributed by atoms with Gasteiger partial charge in [-0.25, -0.2) is 9.37 Å². The van der Waals surface area contributed by atoms with Gasteiger partial charge in [0, 0.05) is 24.1 Å². The van der Waals surface area contributed by atoms with Crippen LogP contribution in [0.1, 0.15) is 59.3 Å². The molecule has 2 aromatic rings. The number of nitrogens with one attached hydrogen (secondary N) is 1. The molecule has 0 aliphatic rings. The fraction of sp³-hybridized carbons (Fsp3) is 0.462. The van der Waals surface area contributed by atoms with Crippen LogP contribution in [0.2, 0.25) is 0 Å². The number of unbranched alkanes of at least 4 members (excludes halogenated alkanes) is 5. The molecule has 0 radical (unpaired) electrons. The molecule has 1 aromatic carbocycles. The molecule has 0 spiro atoms. The topological polar surface area (TPSA) is 51.2 Å². The van der Waals surface area contributed by atoms with Crippen LogP contribution < -0.4 is 10.1 Å². The van der Waals surface area contributed by atoms with E-state index in [1.165, 1.54) is 6.08 Å². The lowest BCUT2D eigenvalue weighted by molar-refractivity contribution is -0.116. The van der Waals surface area contributed by atoms with Crippen molar-refractivity contribution in [2.75, 3.05) is 13.2 Å². The largest absolute Gasteiger partial charge is 0.478 e. The van der Waals surface area contributed by atoms with E-state index >= 15 is 0 Å². The molecule has 0 atom stereocenters. The highest BCUT2D eigenvalue weighted by atomic mass is 19.1. The third-order valence-corrected chi connectivity index (χ3v) is 4.90. The summed E-state index contributed by atoms with van der Waals surface area (Å²) in [6, 6.07) is 11.9. The van der Waals surface area contributed by atoms with E-state index in [9.17, 15) is 9.18 Å². The van der Waals surface area contributed by atoms with Crippen molar-refractivity contribution >= 4 is 16.8 Å². The molecule has 31 heavy (non-hydrogen) atoms. The van der Waals surface area contributed by atoms with Gasteiger partial charge in [0.2, 0.25) is 11.8 Å². The van der Waals surface area contributed by atoms with Gasteiger partial charge in [-0.15, -0.1) is 0 Å². The van der Waals surface area contributed by atoms with Crippen LogP contribution in [-0.2, 0) is 4.79 Å². The number of pyridine rings is 1. The fourth-order valence-corrected chi connectivity index (χ4v) is 3.09. The third kappa shape index (κ3) is 9.77. The number of ether oxygens (including phenoxy) is 1. The summed E-state index contributed by atoms with van der Waals surface area (Å²) in [7, 11) is 0. The molecule has 4 nitrogen and oxygen atoms in total. The van der Waals surface area contributed by atoms with Gasteiger partial charge in [0.1, 0.15) is 5.83 Å². The van der Waals surface area contributed by atoms with Gasteiger partial charge in [0.25, 0.3) is 0 Å². The van der Waals surface area contributed by atoms with Crippen LogP contribution in [0, 0.1) is 5.92 Å². The molecule has 0 bridgehead atoms. The molecular weight excluding hydrogens is 391 g/mol. The molecule has 0 aliphatic carbocycles. The predicted molar refractivity (Wildman–Crippen MR) is 126 cm³/mol. The molecule has 0 aliphatic heterocycles. The van der Waals surface area contributed by atoms with Crippen LogP contribution in [0.4, 0.5) is 4.39 Å². The van der Waals surface area contributed by atoms with Crippen molar-refractivity contribution in [2.24, 2.45) is 5.92 Å². The number of aromatic nitrogens is 1. The Morgan fingerprint density at radius 3 is 2.65 bits per heavy atom. The van der Waals surface area contributed by atoms with Gasteiger partial charge in [-0.2, -0.15) is 0 Å².